The molecule has 0 bridgehead atoms. The number of hydrogen-bond acceptors (Lipinski definition) is 3. The molecule has 0 saturated carbocycles. The Morgan fingerprint density at radius 1 is 1.25 bits per heavy atom. The highest BCUT2D eigenvalue weighted by molar-refractivity contribution is 6.30. The second kappa shape index (κ2) is 5.21. The van der Waals surface area contributed by atoms with Gasteiger partial charge in [-0.1, -0.05) is 25.4 Å². The SMILES string of the molecule is CC(C)c1cnc(N2CCCC2C)c2cnc(Cl)cc12. The van der Waals surface area contributed by atoms with Gasteiger partial charge < -0.3 is 4.90 Å². The molecule has 2 aromatic heterocycles. The van der Waals surface area contributed by atoms with Crippen molar-refractivity contribution in [3.8, 4) is 0 Å². The van der Waals surface area contributed by atoms with E-state index in [0.29, 0.717) is 17.1 Å². The molecule has 4 heteroatoms. The van der Waals surface area contributed by atoms with Crippen LogP contribution in [0.2, 0.25) is 5.15 Å². The summed E-state index contributed by atoms with van der Waals surface area (Å²) in [7, 11) is 0. The van der Waals surface area contributed by atoms with Crippen LogP contribution in [-0.2, 0) is 0 Å². The van der Waals surface area contributed by atoms with Gasteiger partial charge in [0, 0.05) is 30.4 Å². The lowest BCUT2D eigenvalue weighted by atomic mass is 9.99. The number of pyridine rings is 2. The second-order valence-corrected chi connectivity index (χ2v) is 6.32. The third-order valence-electron chi connectivity index (χ3n) is 4.20. The van der Waals surface area contributed by atoms with Crippen molar-refractivity contribution in [1.82, 2.24) is 9.97 Å². The fraction of sp³-hybridized carbons (Fsp3) is 0.500. The van der Waals surface area contributed by atoms with Crippen molar-refractivity contribution in [3.05, 3.63) is 29.2 Å². The number of hydrogen-bond donors (Lipinski definition) is 0. The van der Waals surface area contributed by atoms with Crippen LogP contribution in [0.25, 0.3) is 10.8 Å². The smallest absolute Gasteiger partial charge is 0.138 e. The van der Waals surface area contributed by atoms with Crippen LogP contribution in [-0.4, -0.2) is 22.6 Å². The van der Waals surface area contributed by atoms with Crippen LogP contribution < -0.4 is 4.90 Å². The van der Waals surface area contributed by atoms with Crippen LogP contribution in [0.5, 0.6) is 0 Å². The van der Waals surface area contributed by atoms with Gasteiger partial charge in [-0.2, -0.15) is 0 Å². The van der Waals surface area contributed by atoms with E-state index in [1.54, 1.807) is 0 Å². The minimum absolute atomic E-state index is 0.425. The predicted molar refractivity (Wildman–Crippen MR) is 84.7 cm³/mol. The zero-order valence-electron chi connectivity index (χ0n) is 12.2. The number of rotatable bonds is 2. The molecule has 0 spiro atoms. The number of halogens is 1. The molecule has 1 fully saturated rings. The zero-order valence-corrected chi connectivity index (χ0v) is 13.0. The van der Waals surface area contributed by atoms with Crippen molar-refractivity contribution in [1.29, 1.82) is 0 Å². The van der Waals surface area contributed by atoms with Crippen LogP contribution in [0.15, 0.2) is 18.5 Å². The van der Waals surface area contributed by atoms with Crippen molar-refractivity contribution in [3.63, 3.8) is 0 Å². The highest BCUT2D eigenvalue weighted by atomic mass is 35.5. The molecule has 2 aromatic rings. The van der Waals surface area contributed by atoms with E-state index in [1.807, 2.05) is 18.5 Å². The Balaban J connectivity index is 2.22. The Morgan fingerprint density at radius 3 is 2.70 bits per heavy atom. The first-order chi connectivity index (χ1) is 9.58. The van der Waals surface area contributed by atoms with Crippen LogP contribution in [0.3, 0.4) is 0 Å². The van der Waals surface area contributed by atoms with Gasteiger partial charge >= 0.3 is 0 Å². The molecule has 3 nitrogen and oxygen atoms in total. The average Bonchev–Trinajstić information content (AvgIpc) is 2.83. The Morgan fingerprint density at radius 2 is 2.05 bits per heavy atom. The van der Waals surface area contributed by atoms with Crippen LogP contribution in [0.4, 0.5) is 5.82 Å². The second-order valence-electron chi connectivity index (χ2n) is 5.93. The maximum absolute atomic E-state index is 6.09. The molecule has 1 atom stereocenters. The lowest BCUT2D eigenvalue weighted by molar-refractivity contribution is 0.728. The monoisotopic (exact) mass is 289 g/mol. The first-order valence-electron chi connectivity index (χ1n) is 7.28. The summed E-state index contributed by atoms with van der Waals surface area (Å²) in [6.07, 6.45) is 6.34. The van der Waals surface area contributed by atoms with Gasteiger partial charge in [0.15, 0.2) is 0 Å². The topological polar surface area (TPSA) is 29.0 Å². The van der Waals surface area contributed by atoms with E-state index in [-0.39, 0.29) is 0 Å². The van der Waals surface area contributed by atoms with Crippen molar-refractivity contribution >= 4 is 28.2 Å². The largest absolute Gasteiger partial charge is 0.353 e. The first-order valence-corrected chi connectivity index (χ1v) is 7.66. The van der Waals surface area contributed by atoms with Gasteiger partial charge in [0.1, 0.15) is 11.0 Å². The summed E-state index contributed by atoms with van der Waals surface area (Å²) in [4.78, 5) is 11.4. The minimum Gasteiger partial charge on any atom is -0.353 e. The molecule has 1 saturated heterocycles. The van der Waals surface area contributed by atoms with E-state index in [0.717, 1.165) is 17.7 Å². The molecule has 1 aliphatic rings. The summed E-state index contributed by atoms with van der Waals surface area (Å²) < 4.78 is 0. The molecule has 3 heterocycles. The van der Waals surface area contributed by atoms with Gasteiger partial charge in [-0.15, -0.1) is 0 Å². The van der Waals surface area contributed by atoms with Crippen molar-refractivity contribution in [2.24, 2.45) is 0 Å². The third kappa shape index (κ3) is 2.24. The molecular weight excluding hydrogens is 270 g/mol. The Kier molecular flexibility index (Phi) is 3.55. The summed E-state index contributed by atoms with van der Waals surface area (Å²) in [6.45, 7) is 7.71. The van der Waals surface area contributed by atoms with Gasteiger partial charge in [0.2, 0.25) is 0 Å². The van der Waals surface area contributed by atoms with Gasteiger partial charge in [-0.25, -0.2) is 9.97 Å². The van der Waals surface area contributed by atoms with E-state index in [1.165, 1.54) is 23.8 Å². The first kappa shape index (κ1) is 13.6. The Hall–Kier alpha value is -1.35. The summed E-state index contributed by atoms with van der Waals surface area (Å²) in [5, 5.41) is 2.85. The van der Waals surface area contributed by atoms with Gasteiger partial charge in [-0.05, 0) is 42.7 Å². The maximum atomic E-state index is 6.09. The Bertz CT molecular complexity index is 639. The lowest BCUT2D eigenvalue weighted by Crippen LogP contribution is -2.27. The van der Waals surface area contributed by atoms with Crippen LogP contribution >= 0.6 is 11.6 Å². The van der Waals surface area contributed by atoms with Gasteiger partial charge in [-0.3, -0.25) is 0 Å². The number of aromatic nitrogens is 2. The highest BCUT2D eigenvalue weighted by Crippen LogP contribution is 2.34. The quantitative estimate of drug-likeness (QED) is 0.768. The van der Waals surface area contributed by atoms with Crippen LogP contribution in [0.1, 0.15) is 45.1 Å². The lowest BCUT2D eigenvalue weighted by Gasteiger charge is -2.25. The molecular formula is C16H20ClN3. The number of anilines is 1. The van der Waals surface area contributed by atoms with Crippen molar-refractivity contribution < 1.29 is 0 Å². The molecule has 106 valence electrons. The molecule has 0 N–H and O–H groups in total. The average molecular weight is 290 g/mol. The van der Waals surface area contributed by atoms with E-state index in [4.69, 9.17) is 16.6 Å². The van der Waals surface area contributed by atoms with E-state index < -0.39 is 0 Å². The summed E-state index contributed by atoms with van der Waals surface area (Å²) >= 11 is 6.09. The fourth-order valence-corrected chi connectivity index (χ4v) is 3.21. The van der Waals surface area contributed by atoms with E-state index in [9.17, 15) is 0 Å². The fourth-order valence-electron chi connectivity index (χ4n) is 3.05. The normalized spacial score (nSPS) is 19.2. The molecule has 0 aliphatic carbocycles. The summed E-state index contributed by atoms with van der Waals surface area (Å²) in [6, 6.07) is 2.52. The predicted octanol–water partition coefficient (Wildman–Crippen LogP) is 4.40. The van der Waals surface area contributed by atoms with E-state index >= 15 is 0 Å². The Labute approximate surface area is 125 Å². The third-order valence-corrected chi connectivity index (χ3v) is 4.40. The standard InChI is InChI=1S/C16H20ClN3/c1-10(2)13-8-19-16(20-6-4-5-11(20)3)14-9-18-15(17)7-12(13)14/h7-11H,4-6H2,1-3H3. The van der Waals surface area contributed by atoms with Crippen molar-refractivity contribution in [2.75, 3.05) is 11.4 Å². The number of fused-ring (bicyclic) bond motifs is 1. The van der Waals surface area contributed by atoms with Crippen molar-refractivity contribution in [2.45, 2.75) is 45.6 Å². The summed E-state index contributed by atoms with van der Waals surface area (Å²) in [5.41, 5.74) is 1.24. The number of nitrogens with zero attached hydrogens (tertiary/aromatic N) is 3. The minimum atomic E-state index is 0.425. The molecule has 0 radical (unpaired) electrons. The molecule has 1 unspecified atom stereocenters. The van der Waals surface area contributed by atoms with Gasteiger partial charge in [0.25, 0.3) is 0 Å². The van der Waals surface area contributed by atoms with Gasteiger partial charge in [0.05, 0.1) is 0 Å². The van der Waals surface area contributed by atoms with Crippen LogP contribution in [0, 0.1) is 0 Å². The van der Waals surface area contributed by atoms with E-state index in [2.05, 4.69) is 30.7 Å². The summed E-state index contributed by atoms with van der Waals surface area (Å²) in [5.74, 6) is 1.48. The molecule has 0 amide bonds. The molecule has 20 heavy (non-hydrogen) atoms. The molecule has 0 aromatic carbocycles. The molecule has 1 aliphatic heterocycles. The maximum Gasteiger partial charge on any atom is 0.138 e. The zero-order chi connectivity index (χ0) is 14.3. The molecule has 3 rings (SSSR count). The highest BCUT2D eigenvalue weighted by Gasteiger charge is 2.24.